The quantitative estimate of drug-likeness (QED) is 0.864. The smallest absolute Gasteiger partial charge is 0.135 e. The van der Waals surface area contributed by atoms with Gasteiger partial charge in [-0.05, 0) is 42.8 Å². The highest BCUT2D eigenvalue weighted by molar-refractivity contribution is 9.10. The molecule has 0 fully saturated rings. The van der Waals surface area contributed by atoms with Gasteiger partial charge < -0.3 is 10.6 Å². The number of aromatic nitrogens is 2. The summed E-state index contributed by atoms with van der Waals surface area (Å²) in [6, 6.07) is 2.12. The summed E-state index contributed by atoms with van der Waals surface area (Å²) < 4.78 is 1.12. The van der Waals surface area contributed by atoms with Gasteiger partial charge in [-0.3, -0.25) is 0 Å². The van der Waals surface area contributed by atoms with Crippen LogP contribution < -0.4 is 10.6 Å². The first-order chi connectivity index (χ1) is 9.10. The van der Waals surface area contributed by atoms with Crippen LogP contribution in [0.1, 0.15) is 23.2 Å². The molecule has 0 aliphatic heterocycles. The van der Waals surface area contributed by atoms with Gasteiger partial charge in [-0.1, -0.05) is 0 Å². The van der Waals surface area contributed by atoms with E-state index in [0.29, 0.717) is 0 Å². The van der Waals surface area contributed by atoms with Crippen molar-refractivity contribution in [2.75, 3.05) is 17.2 Å². The van der Waals surface area contributed by atoms with Gasteiger partial charge in [0.2, 0.25) is 0 Å². The first-order valence-electron chi connectivity index (χ1n) is 6.16. The lowest BCUT2D eigenvalue weighted by atomic mass is 10.3. The van der Waals surface area contributed by atoms with Crippen molar-refractivity contribution < 1.29 is 0 Å². The van der Waals surface area contributed by atoms with Gasteiger partial charge in [0, 0.05) is 26.8 Å². The number of hydrogen-bond donors (Lipinski definition) is 2. The molecular weight excluding hydrogens is 324 g/mol. The predicted octanol–water partition coefficient (Wildman–Crippen LogP) is 3.96. The molecule has 0 aliphatic carbocycles. The van der Waals surface area contributed by atoms with Crippen LogP contribution in [0.2, 0.25) is 0 Å². The normalized spacial score (nSPS) is 10.5. The third kappa shape index (κ3) is 3.67. The molecule has 0 amide bonds. The summed E-state index contributed by atoms with van der Waals surface area (Å²) in [5.41, 5.74) is 1.06. The number of thiophene rings is 1. The molecule has 0 aromatic carbocycles. The number of hydrogen-bond acceptors (Lipinski definition) is 5. The number of halogens is 1. The lowest BCUT2D eigenvalue weighted by molar-refractivity contribution is 0.997. The molecule has 0 atom stereocenters. The van der Waals surface area contributed by atoms with E-state index in [1.54, 1.807) is 11.3 Å². The standard InChI is InChI=1S/C13H17BrN4S/c1-4-15-12-8(2)13(18-9(3)17-12)16-6-11-5-10(14)7-19-11/h5,7H,4,6H2,1-3H3,(H2,15,16,17,18). The van der Waals surface area contributed by atoms with Crippen molar-refractivity contribution in [2.45, 2.75) is 27.3 Å². The Morgan fingerprint density at radius 2 is 1.89 bits per heavy atom. The molecule has 2 heterocycles. The topological polar surface area (TPSA) is 49.8 Å². The highest BCUT2D eigenvalue weighted by Gasteiger charge is 2.08. The molecule has 0 aliphatic rings. The molecular formula is C13H17BrN4S. The Morgan fingerprint density at radius 3 is 2.47 bits per heavy atom. The fourth-order valence-corrected chi connectivity index (χ4v) is 3.15. The van der Waals surface area contributed by atoms with E-state index in [1.165, 1.54) is 4.88 Å². The first kappa shape index (κ1) is 14.3. The monoisotopic (exact) mass is 340 g/mol. The minimum absolute atomic E-state index is 0.774. The molecule has 0 saturated heterocycles. The van der Waals surface area contributed by atoms with Crippen LogP contribution in [0, 0.1) is 13.8 Å². The lowest BCUT2D eigenvalue weighted by Gasteiger charge is -2.13. The van der Waals surface area contributed by atoms with Gasteiger partial charge in [0.1, 0.15) is 17.5 Å². The Morgan fingerprint density at radius 1 is 1.21 bits per heavy atom. The predicted molar refractivity (Wildman–Crippen MR) is 85.0 cm³/mol. The maximum Gasteiger partial charge on any atom is 0.135 e. The van der Waals surface area contributed by atoms with Crippen LogP contribution in [-0.2, 0) is 6.54 Å². The van der Waals surface area contributed by atoms with Gasteiger partial charge in [0.05, 0.1) is 6.54 Å². The molecule has 0 radical (unpaired) electrons. The molecule has 6 heteroatoms. The van der Waals surface area contributed by atoms with Gasteiger partial charge in [0.15, 0.2) is 0 Å². The van der Waals surface area contributed by atoms with Crippen molar-refractivity contribution in [3.8, 4) is 0 Å². The largest absolute Gasteiger partial charge is 0.370 e. The summed E-state index contributed by atoms with van der Waals surface area (Å²) in [6.07, 6.45) is 0. The second kappa shape index (κ2) is 6.34. The van der Waals surface area contributed by atoms with Crippen molar-refractivity contribution in [2.24, 2.45) is 0 Å². The first-order valence-corrected chi connectivity index (χ1v) is 7.83. The maximum absolute atomic E-state index is 4.47. The van der Waals surface area contributed by atoms with Gasteiger partial charge in [-0.25, -0.2) is 9.97 Å². The van der Waals surface area contributed by atoms with Crippen LogP contribution in [0.5, 0.6) is 0 Å². The van der Waals surface area contributed by atoms with E-state index in [2.05, 4.69) is 54.9 Å². The zero-order valence-electron chi connectivity index (χ0n) is 11.2. The molecule has 2 aromatic rings. The second-order valence-corrected chi connectivity index (χ2v) is 6.12. The summed E-state index contributed by atoms with van der Waals surface area (Å²) in [6.45, 7) is 7.64. The molecule has 2 aromatic heterocycles. The van der Waals surface area contributed by atoms with Gasteiger partial charge in [-0.2, -0.15) is 0 Å². The SMILES string of the molecule is CCNc1nc(C)nc(NCc2cc(Br)cs2)c1C. The Kier molecular flexibility index (Phi) is 4.76. The van der Waals surface area contributed by atoms with Crippen LogP contribution >= 0.6 is 27.3 Å². The Bertz CT molecular complexity index is 568. The van der Waals surface area contributed by atoms with Crippen molar-refractivity contribution in [1.29, 1.82) is 0 Å². The summed E-state index contributed by atoms with van der Waals surface area (Å²) in [7, 11) is 0. The van der Waals surface area contributed by atoms with Gasteiger partial charge in [0.25, 0.3) is 0 Å². The van der Waals surface area contributed by atoms with E-state index in [9.17, 15) is 0 Å². The maximum atomic E-state index is 4.47. The zero-order chi connectivity index (χ0) is 13.8. The molecule has 0 unspecified atom stereocenters. The molecule has 2 N–H and O–H groups in total. The Labute approximate surface area is 125 Å². The number of nitrogens with one attached hydrogen (secondary N) is 2. The van der Waals surface area contributed by atoms with Crippen LogP contribution in [0.25, 0.3) is 0 Å². The second-order valence-electron chi connectivity index (χ2n) is 4.21. The number of aryl methyl sites for hydroxylation is 1. The minimum Gasteiger partial charge on any atom is -0.370 e. The third-order valence-electron chi connectivity index (χ3n) is 2.65. The van der Waals surface area contributed by atoms with Crippen LogP contribution in [0.15, 0.2) is 15.9 Å². The zero-order valence-corrected chi connectivity index (χ0v) is 13.7. The van der Waals surface area contributed by atoms with E-state index in [4.69, 9.17) is 0 Å². The van der Waals surface area contributed by atoms with Gasteiger partial charge >= 0.3 is 0 Å². The summed E-state index contributed by atoms with van der Waals surface area (Å²) >= 11 is 5.19. The Balaban J connectivity index is 2.15. The van der Waals surface area contributed by atoms with Crippen molar-refractivity contribution >= 4 is 38.9 Å². The Hall–Kier alpha value is -1.14. The minimum atomic E-state index is 0.774. The number of rotatable bonds is 5. The van der Waals surface area contributed by atoms with Crippen molar-refractivity contribution in [3.63, 3.8) is 0 Å². The van der Waals surface area contributed by atoms with Crippen LogP contribution in [-0.4, -0.2) is 16.5 Å². The van der Waals surface area contributed by atoms with Crippen LogP contribution in [0.4, 0.5) is 11.6 Å². The van der Waals surface area contributed by atoms with Crippen molar-refractivity contribution in [1.82, 2.24) is 9.97 Å². The molecule has 0 saturated carbocycles. The molecule has 0 bridgehead atoms. The van der Waals surface area contributed by atoms with Gasteiger partial charge in [-0.15, -0.1) is 11.3 Å². The van der Waals surface area contributed by atoms with E-state index in [1.807, 2.05) is 13.8 Å². The molecule has 102 valence electrons. The molecule has 2 rings (SSSR count). The summed E-state index contributed by atoms with van der Waals surface area (Å²) in [5, 5.41) is 8.73. The molecule has 19 heavy (non-hydrogen) atoms. The number of nitrogens with zero attached hydrogens (tertiary/aromatic N) is 2. The van der Waals surface area contributed by atoms with Crippen molar-refractivity contribution in [3.05, 3.63) is 32.2 Å². The van der Waals surface area contributed by atoms with E-state index in [-0.39, 0.29) is 0 Å². The van der Waals surface area contributed by atoms with E-state index < -0.39 is 0 Å². The van der Waals surface area contributed by atoms with E-state index in [0.717, 1.165) is 40.6 Å². The molecule has 4 nitrogen and oxygen atoms in total. The molecule has 0 spiro atoms. The average molecular weight is 341 g/mol. The summed E-state index contributed by atoms with van der Waals surface area (Å²) in [5.74, 6) is 2.58. The van der Waals surface area contributed by atoms with Crippen LogP contribution in [0.3, 0.4) is 0 Å². The average Bonchev–Trinajstić information content (AvgIpc) is 2.78. The highest BCUT2D eigenvalue weighted by atomic mass is 79.9. The summed E-state index contributed by atoms with van der Waals surface area (Å²) in [4.78, 5) is 10.2. The lowest BCUT2D eigenvalue weighted by Crippen LogP contribution is -2.09. The highest BCUT2D eigenvalue weighted by Crippen LogP contribution is 2.23. The van der Waals surface area contributed by atoms with E-state index >= 15 is 0 Å². The number of anilines is 2. The third-order valence-corrected chi connectivity index (χ3v) is 4.35. The fraction of sp³-hybridized carbons (Fsp3) is 0.385. The fourth-order valence-electron chi connectivity index (χ4n) is 1.76.